The van der Waals surface area contributed by atoms with E-state index in [2.05, 4.69) is 15.2 Å². The molecule has 0 spiro atoms. The largest absolute Gasteiger partial charge is 0.494 e. The average Bonchev–Trinajstić information content (AvgIpc) is 2.61. The number of carbonyl (C=O) groups is 1. The van der Waals surface area contributed by atoms with Crippen molar-refractivity contribution in [1.29, 1.82) is 0 Å². The first-order valence-corrected chi connectivity index (χ1v) is 8.57. The Bertz CT molecular complexity index is 799. The first-order valence-electron chi connectivity index (χ1n) is 8.57. The fourth-order valence-corrected chi connectivity index (χ4v) is 3.11. The molecule has 1 aliphatic heterocycles. The zero-order valence-electron chi connectivity index (χ0n) is 15.2. The molecule has 1 aromatic heterocycles. The van der Waals surface area contributed by atoms with Crippen molar-refractivity contribution >= 4 is 17.5 Å². The molecule has 0 unspecified atom stereocenters. The van der Waals surface area contributed by atoms with E-state index in [1.807, 2.05) is 32.0 Å². The maximum Gasteiger partial charge on any atom is 0.322 e. The van der Waals surface area contributed by atoms with Crippen LogP contribution in [-0.4, -0.2) is 48.7 Å². The summed E-state index contributed by atoms with van der Waals surface area (Å²) < 4.78 is 18.7. The standard InChI is InChI=1S/C19H23FN4O2/c1-13-5-4-6-18(21-13)23-9-10-24(14(2)12-23)19(25)22-15-7-8-17(26-3)16(20)11-15/h4-8,11,14H,9-10,12H2,1-3H3,(H,22,25)/t14-/m0/s1. The molecule has 2 amide bonds. The lowest BCUT2D eigenvalue weighted by Gasteiger charge is -2.40. The number of aromatic nitrogens is 1. The molecule has 1 fully saturated rings. The number of aryl methyl sites for hydroxylation is 1. The van der Waals surface area contributed by atoms with E-state index in [1.165, 1.54) is 19.2 Å². The topological polar surface area (TPSA) is 57.7 Å². The normalized spacial score (nSPS) is 17.2. The molecule has 1 N–H and O–H groups in total. The molecule has 3 rings (SSSR count). The summed E-state index contributed by atoms with van der Waals surface area (Å²) in [6.07, 6.45) is 0. The smallest absolute Gasteiger partial charge is 0.322 e. The molecule has 26 heavy (non-hydrogen) atoms. The maximum absolute atomic E-state index is 13.8. The molecule has 0 radical (unpaired) electrons. The van der Waals surface area contributed by atoms with E-state index in [0.717, 1.165) is 11.5 Å². The highest BCUT2D eigenvalue weighted by Crippen LogP contribution is 2.22. The number of hydrogen-bond donors (Lipinski definition) is 1. The number of ether oxygens (including phenoxy) is 1. The third kappa shape index (κ3) is 3.87. The summed E-state index contributed by atoms with van der Waals surface area (Å²) in [6, 6.07) is 10.1. The molecule has 1 atom stereocenters. The summed E-state index contributed by atoms with van der Waals surface area (Å²) in [7, 11) is 1.40. The van der Waals surface area contributed by atoms with E-state index in [9.17, 15) is 9.18 Å². The second-order valence-electron chi connectivity index (χ2n) is 6.41. The van der Waals surface area contributed by atoms with Crippen LogP contribution in [0, 0.1) is 12.7 Å². The van der Waals surface area contributed by atoms with Crippen molar-refractivity contribution < 1.29 is 13.9 Å². The fourth-order valence-electron chi connectivity index (χ4n) is 3.11. The predicted octanol–water partition coefficient (Wildman–Crippen LogP) is 3.28. The summed E-state index contributed by atoms with van der Waals surface area (Å²) in [5.41, 5.74) is 1.38. The number of nitrogens with zero attached hydrogens (tertiary/aromatic N) is 3. The first kappa shape index (κ1) is 18.0. The minimum absolute atomic E-state index is 0.00848. The molecule has 0 saturated carbocycles. The summed E-state index contributed by atoms with van der Waals surface area (Å²) in [5.74, 6) is 0.568. The van der Waals surface area contributed by atoms with Crippen molar-refractivity contribution in [2.24, 2.45) is 0 Å². The molecule has 2 heterocycles. The summed E-state index contributed by atoms with van der Waals surface area (Å²) in [5, 5.41) is 2.76. The van der Waals surface area contributed by atoms with Crippen LogP contribution >= 0.6 is 0 Å². The predicted molar refractivity (Wildman–Crippen MR) is 99.3 cm³/mol. The number of anilines is 2. The Morgan fingerprint density at radius 2 is 2.12 bits per heavy atom. The Labute approximate surface area is 152 Å². The van der Waals surface area contributed by atoms with Crippen LogP contribution in [0.3, 0.4) is 0 Å². The third-order valence-corrected chi connectivity index (χ3v) is 4.49. The number of hydrogen-bond acceptors (Lipinski definition) is 4. The average molecular weight is 358 g/mol. The second kappa shape index (κ2) is 7.59. The van der Waals surface area contributed by atoms with Gasteiger partial charge in [-0.2, -0.15) is 0 Å². The van der Waals surface area contributed by atoms with Crippen LogP contribution < -0.4 is 15.0 Å². The number of nitrogens with one attached hydrogen (secondary N) is 1. The van der Waals surface area contributed by atoms with Crippen LogP contribution in [-0.2, 0) is 0 Å². The number of urea groups is 1. The van der Waals surface area contributed by atoms with Gasteiger partial charge in [-0.15, -0.1) is 0 Å². The van der Waals surface area contributed by atoms with Gasteiger partial charge in [0.25, 0.3) is 0 Å². The minimum Gasteiger partial charge on any atom is -0.494 e. The van der Waals surface area contributed by atoms with E-state index >= 15 is 0 Å². The van der Waals surface area contributed by atoms with Gasteiger partial charge >= 0.3 is 6.03 Å². The van der Waals surface area contributed by atoms with Crippen molar-refractivity contribution in [1.82, 2.24) is 9.88 Å². The number of methoxy groups -OCH3 is 1. The highest BCUT2D eigenvalue weighted by atomic mass is 19.1. The number of piperazine rings is 1. The van der Waals surface area contributed by atoms with Crippen molar-refractivity contribution in [2.45, 2.75) is 19.9 Å². The van der Waals surface area contributed by atoms with Gasteiger partial charge in [-0.1, -0.05) is 6.07 Å². The van der Waals surface area contributed by atoms with Gasteiger partial charge in [0.05, 0.1) is 7.11 Å². The number of pyridine rings is 1. The first-order chi connectivity index (χ1) is 12.5. The van der Waals surface area contributed by atoms with E-state index in [0.29, 0.717) is 25.3 Å². The lowest BCUT2D eigenvalue weighted by Crippen LogP contribution is -2.55. The Balaban J connectivity index is 1.63. The van der Waals surface area contributed by atoms with Gasteiger partial charge in [-0.3, -0.25) is 0 Å². The van der Waals surface area contributed by atoms with E-state index in [1.54, 1.807) is 11.0 Å². The van der Waals surface area contributed by atoms with Gasteiger partial charge in [-0.05, 0) is 38.1 Å². The number of halogens is 1. The highest BCUT2D eigenvalue weighted by molar-refractivity contribution is 5.89. The van der Waals surface area contributed by atoms with E-state index in [-0.39, 0.29) is 17.8 Å². The lowest BCUT2D eigenvalue weighted by atomic mass is 10.2. The molecular formula is C19H23FN4O2. The Kier molecular flexibility index (Phi) is 5.25. The molecule has 7 heteroatoms. The molecule has 1 aliphatic rings. The quantitative estimate of drug-likeness (QED) is 0.915. The summed E-state index contributed by atoms with van der Waals surface area (Å²) in [4.78, 5) is 21.0. The van der Waals surface area contributed by atoms with Crippen LogP contribution in [0.2, 0.25) is 0 Å². The van der Waals surface area contributed by atoms with Crippen molar-refractivity contribution in [3.8, 4) is 5.75 Å². The SMILES string of the molecule is COc1ccc(NC(=O)N2CCN(c3cccc(C)n3)C[C@@H]2C)cc1F. The zero-order valence-corrected chi connectivity index (χ0v) is 15.2. The molecule has 1 saturated heterocycles. The molecule has 138 valence electrons. The van der Waals surface area contributed by atoms with Gasteiger partial charge in [-0.25, -0.2) is 14.2 Å². The van der Waals surface area contributed by atoms with Crippen LogP contribution in [0.25, 0.3) is 0 Å². The van der Waals surface area contributed by atoms with Crippen LogP contribution in [0.15, 0.2) is 36.4 Å². The molecule has 2 aromatic rings. The number of amides is 2. The van der Waals surface area contributed by atoms with Crippen LogP contribution in [0.1, 0.15) is 12.6 Å². The lowest BCUT2D eigenvalue weighted by molar-refractivity contribution is 0.184. The molecule has 0 bridgehead atoms. The molecule has 1 aromatic carbocycles. The Morgan fingerprint density at radius 1 is 1.31 bits per heavy atom. The number of carbonyl (C=O) groups excluding carboxylic acids is 1. The number of benzene rings is 1. The van der Waals surface area contributed by atoms with E-state index < -0.39 is 5.82 Å². The minimum atomic E-state index is -0.506. The second-order valence-corrected chi connectivity index (χ2v) is 6.41. The van der Waals surface area contributed by atoms with Gasteiger partial charge in [0.1, 0.15) is 5.82 Å². The number of rotatable bonds is 3. The van der Waals surface area contributed by atoms with Gasteiger partial charge in [0.2, 0.25) is 0 Å². The van der Waals surface area contributed by atoms with E-state index in [4.69, 9.17) is 4.74 Å². The van der Waals surface area contributed by atoms with Gasteiger partial charge in [0, 0.05) is 43.1 Å². The Hall–Kier alpha value is -2.83. The van der Waals surface area contributed by atoms with Crippen molar-refractivity contribution in [3.05, 3.63) is 47.9 Å². The Morgan fingerprint density at radius 3 is 2.77 bits per heavy atom. The zero-order chi connectivity index (χ0) is 18.7. The van der Waals surface area contributed by atoms with Gasteiger partial charge < -0.3 is 19.9 Å². The highest BCUT2D eigenvalue weighted by Gasteiger charge is 2.28. The molecular weight excluding hydrogens is 335 g/mol. The molecule has 0 aliphatic carbocycles. The summed E-state index contributed by atoms with van der Waals surface area (Å²) in [6.45, 7) is 5.92. The fraction of sp³-hybridized carbons (Fsp3) is 0.368. The van der Waals surface area contributed by atoms with Crippen molar-refractivity contribution in [2.75, 3.05) is 37.0 Å². The monoisotopic (exact) mass is 358 g/mol. The van der Waals surface area contributed by atoms with Crippen LogP contribution in [0.5, 0.6) is 5.75 Å². The van der Waals surface area contributed by atoms with Crippen molar-refractivity contribution in [3.63, 3.8) is 0 Å². The maximum atomic E-state index is 13.8. The third-order valence-electron chi connectivity index (χ3n) is 4.49. The molecule has 6 nitrogen and oxygen atoms in total. The van der Waals surface area contributed by atoms with Crippen LogP contribution in [0.4, 0.5) is 20.7 Å². The summed E-state index contributed by atoms with van der Waals surface area (Å²) >= 11 is 0. The van der Waals surface area contributed by atoms with Gasteiger partial charge in [0.15, 0.2) is 11.6 Å².